The SMILES string of the molecule is Cc1nc(C(=O)N2CCCCCC2)cc(N2CCN(Cc3ccccc3)CC2)n1. The van der Waals surface area contributed by atoms with E-state index in [1.807, 2.05) is 17.9 Å². The number of anilines is 1. The average molecular weight is 394 g/mol. The number of hydrogen-bond acceptors (Lipinski definition) is 5. The van der Waals surface area contributed by atoms with E-state index >= 15 is 0 Å². The molecule has 0 N–H and O–H groups in total. The van der Waals surface area contributed by atoms with E-state index in [1.165, 1.54) is 18.4 Å². The van der Waals surface area contributed by atoms with Crippen LogP contribution < -0.4 is 4.90 Å². The molecule has 2 saturated heterocycles. The third kappa shape index (κ3) is 5.12. The van der Waals surface area contributed by atoms with E-state index < -0.39 is 0 Å². The third-order valence-corrected chi connectivity index (χ3v) is 5.88. The van der Waals surface area contributed by atoms with Crippen LogP contribution in [0.25, 0.3) is 0 Å². The molecular formula is C23H31N5O. The number of benzene rings is 1. The van der Waals surface area contributed by atoms with Gasteiger partial charge in [-0.2, -0.15) is 0 Å². The van der Waals surface area contributed by atoms with Crippen LogP contribution in [0, 0.1) is 6.92 Å². The van der Waals surface area contributed by atoms with Crippen LogP contribution in [0.5, 0.6) is 0 Å². The summed E-state index contributed by atoms with van der Waals surface area (Å²) in [5.41, 5.74) is 1.89. The van der Waals surface area contributed by atoms with Crippen LogP contribution in [0.3, 0.4) is 0 Å². The van der Waals surface area contributed by atoms with Crippen molar-refractivity contribution in [3.8, 4) is 0 Å². The lowest BCUT2D eigenvalue weighted by Gasteiger charge is -2.35. The molecule has 3 heterocycles. The largest absolute Gasteiger partial charge is 0.354 e. The molecule has 0 unspecified atom stereocenters. The maximum absolute atomic E-state index is 13.0. The summed E-state index contributed by atoms with van der Waals surface area (Å²) in [4.78, 5) is 28.8. The molecule has 0 saturated carbocycles. The smallest absolute Gasteiger partial charge is 0.272 e. The Morgan fingerprint density at radius 3 is 2.28 bits per heavy atom. The van der Waals surface area contributed by atoms with Gasteiger partial charge in [0.1, 0.15) is 17.3 Å². The van der Waals surface area contributed by atoms with Crippen LogP contribution in [0.1, 0.15) is 47.6 Å². The van der Waals surface area contributed by atoms with E-state index in [9.17, 15) is 4.79 Å². The number of carbonyl (C=O) groups is 1. The molecule has 4 rings (SSSR count). The third-order valence-electron chi connectivity index (χ3n) is 5.88. The Balaban J connectivity index is 1.41. The Morgan fingerprint density at radius 1 is 0.897 bits per heavy atom. The minimum Gasteiger partial charge on any atom is -0.354 e. The highest BCUT2D eigenvalue weighted by molar-refractivity contribution is 5.93. The normalized spacial score (nSPS) is 18.5. The second-order valence-electron chi connectivity index (χ2n) is 8.11. The summed E-state index contributed by atoms with van der Waals surface area (Å²) >= 11 is 0. The fourth-order valence-corrected chi connectivity index (χ4v) is 4.24. The number of hydrogen-bond donors (Lipinski definition) is 0. The Morgan fingerprint density at radius 2 is 1.59 bits per heavy atom. The van der Waals surface area contributed by atoms with Crippen LogP contribution in [0.4, 0.5) is 5.82 Å². The Kier molecular flexibility index (Phi) is 6.39. The molecule has 1 amide bonds. The summed E-state index contributed by atoms with van der Waals surface area (Å²) in [6, 6.07) is 12.5. The predicted octanol–water partition coefficient (Wildman–Crippen LogP) is 3.12. The number of likely N-dealkylation sites (tertiary alicyclic amines) is 1. The van der Waals surface area contributed by atoms with Gasteiger partial charge >= 0.3 is 0 Å². The molecule has 2 aliphatic heterocycles. The zero-order valence-corrected chi connectivity index (χ0v) is 17.4. The molecule has 2 aliphatic rings. The molecule has 2 fully saturated rings. The summed E-state index contributed by atoms with van der Waals surface area (Å²) in [5, 5.41) is 0. The van der Waals surface area contributed by atoms with Gasteiger partial charge in [0, 0.05) is 51.9 Å². The molecular weight excluding hydrogens is 362 g/mol. The standard InChI is InChI=1S/C23H31N5O/c1-19-24-21(23(29)28-11-7-2-3-8-12-28)17-22(25-19)27-15-13-26(14-16-27)18-20-9-5-4-6-10-20/h4-6,9-10,17H,2-3,7-8,11-16,18H2,1H3. The van der Waals surface area contributed by atoms with Gasteiger partial charge in [-0.1, -0.05) is 43.2 Å². The summed E-state index contributed by atoms with van der Waals surface area (Å²) in [5.74, 6) is 1.61. The van der Waals surface area contributed by atoms with Gasteiger partial charge in [0.05, 0.1) is 0 Å². The van der Waals surface area contributed by atoms with Gasteiger partial charge < -0.3 is 9.80 Å². The molecule has 0 bridgehead atoms. The van der Waals surface area contributed by atoms with Crippen molar-refractivity contribution < 1.29 is 4.79 Å². The molecule has 0 aliphatic carbocycles. The van der Waals surface area contributed by atoms with Gasteiger partial charge in [0.2, 0.25) is 0 Å². The zero-order chi connectivity index (χ0) is 20.1. The molecule has 154 valence electrons. The fourth-order valence-electron chi connectivity index (χ4n) is 4.24. The summed E-state index contributed by atoms with van der Waals surface area (Å²) in [6.07, 6.45) is 4.61. The number of nitrogens with zero attached hydrogens (tertiary/aromatic N) is 5. The van der Waals surface area contributed by atoms with Crippen molar-refractivity contribution in [3.05, 3.63) is 53.5 Å². The minimum atomic E-state index is 0.0568. The molecule has 1 aromatic heterocycles. The minimum absolute atomic E-state index is 0.0568. The first kappa shape index (κ1) is 19.8. The first-order chi connectivity index (χ1) is 14.2. The molecule has 29 heavy (non-hydrogen) atoms. The number of aryl methyl sites for hydroxylation is 1. The van der Waals surface area contributed by atoms with Crippen molar-refractivity contribution in [3.63, 3.8) is 0 Å². The molecule has 0 atom stereocenters. The number of carbonyl (C=O) groups excluding carboxylic acids is 1. The molecule has 6 nitrogen and oxygen atoms in total. The highest BCUT2D eigenvalue weighted by Gasteiger charge is 2.23. The van der Waals surface area contributed by atoms with E-state index in [4.69, 9.17) is 0 Å². The number of aromatic nitrogens is 2. The monoisotopic (exact) mass is 393 g/mol. The van der Waals surface area contributed by atoms with E-state index in [2.05, 4.69) is 50.1 Å². The second kappa shape index (κ2) is 9.35. The summed E-state index contributed by atoms with van der Waals surface area (Å²) in [6.45, 7) is 8.37. The van der Waals surface area contributed by atoms with Crippen molar-refractivity contribution in [2.75, 3.05) is 44.2 Å². The highest BCUT2D eigenvalue weighted by atomic mass is 16.2. The van der Waals surface area contributed by atoms with Gasteiger partial charge in [-0.25, -0.2) is 9.97 Å². The van der Waals surface area contributed by atoms with Crippen molar-refractivity contribution in [1.82, 2.24) is 19.8 Å². The quantitative estimate of drug-likeness (QED) is 0.799. The van der Waals surface area contributed by atoms with E-state index in [1.54, 1.807) is 0 Å². The van der Waals surface area contributed by atoms with E-state index in [0.717, 1.165) is 64.5 Å². The first-order valence-corrected chi connectivity index (χ1v) is 10.9. The maximum Gasteiger partial charge on any atom is 0.272 e. The van der Waals surface area contributed by atoms with Crippen LogP contribution >= 0.6 is 0 Å². The topological polar surface area (TPSA) is 52.6 Å². The van der Waals surface area contributed by atoms with Gasteiger partial charge in [0.25, 0.3) is 5.91 Å². The van der Waals surface area contributed by atoms with Crippen molar-refractivity contribution in [1.29, 1.82) is 0 Å². The van der Waals surface area contributed by atoms with Crippen molar-refractivity contribution in [2.45, 2.75) is 39.2 Å². The molecule has 2 aromatic rings. The molecule has 0 spiro atoms. The van der Waals surface area contributed by atoms with Crippen LogP contribution in [-0.2, 0) is 6.54 Å². The van der Waals surface area contributed by atoms with E-state index in [0.29, 0.717) is 11.5 Å². The number of amides is 1. The van der Waals surface area contributed by atoms with Crippen LogP contribution in [0.2, 0.25) is 0 Å². The lowest BCUT2D eigenvalue weighted by atomic mass is 10.2. The molecule has 0 radical (unpaired) electrons. The van der Waals surface area contributed by atoms with Gasteiger partial charge in [-0.05, 0) is 25.3 Å². The lowest BCUT2D eigenvalue weighted by Crippen LogP contribution is -2.46. The first-order valence-electron chi connectivity index (χ1n) is 10.9. The van der Waals surface area contributed by atoms with Crippen molar-refractivity contribution >= 4 is 11.7 Å². The van der Waals surface area contributed by atoms with Gasteiger partial charge in [-0.15, -0.1) is 0 Å². The number of piperazine rings is 1. The summed E-state index contributed by atoms with van der Waals surface area (Å²) in [7, 11) is 0. The van der Waals surface area contributed by atoms with Gasteiger partial charge in [-0.3, -0.25) is 9.69 Å². The maximum atomic E-state index is 13.0. The summed E-state index contributed by atoms with van der Waals surface area (Å²) < 4.78 is 0. The highest BCUT2D eigenvalue weighted by Crippen LogP contribution is 2.19. The molecule has 6 heteroatoms. The Labute approximate surface area is 173 Å². The zero-order valence-electron chi connectivity index (χ0n) is 17.4. The number of rotatable bonds is 4. The van der Waals surface area contributed by atoms with E-state index in [-0.39, 0.29) is 5.91 Å². The Bertz CT molecular complexity index is 809. The van der Waals surface area contributed by atoms with Crippen LogP contribution in [-0.4, -0.2) is 64.9 Å². The fraction of sp³-hybridized carbons (Fsp3) is 0.522. The van der Waals surface area contributed by atoms with Crippen LogP contribution in [0.15, 0.2) is 36.4 Å². The van der Waals surface area contributed by atoms with Gasteiger partial charge in [0.15, 0.2) is 0 Å². The van der Waals surface area contributed by atoms with Crippen molar-refractivity contribution in [2.24, 2.45) is 0 Å². The average Bonchev–Trinajstić information content (AvgIpc) is 3.04. The second-order valence-corrected chi connectivity index (χ2v) is 8.11. The Hall–Kier alpha value is -2.47. The molecule has 1 aromatic carbocycles. The lowest BCUT2D eigenvalue weighted by molar-refractivity contribution is 0.0755. The predicted molar refractivity (Wildman–Crippen MR) is 115 cm³/mol.